The maximum absolute atomic E-state index is 14.5. The molecule has 2 heterocycles. The molecule has 3 aromatic rings. The highest BCUT2D eigenvalue weighted by Crippen LogP contribution is 2.21. The molecule has 0 aliphatic carbocycles. The Bertz CT molecular complexity index is 2430. The van der Waals surface area contributed by atoms with Crippen molar-refractivity contribution in [1.82, 2.24) is 46.8 Å². The average molecular weight is 1030 g/mol. The number of aromatic hydroxyl groups is 1. The fourth-order valence-electron chi connectivity index (χ4n) is 8.18. The molecule has 4 rings (SSSR count). The predicted octanol–water partition coefficient (Wildman–Crippen LogP) is -2.30. The molecular formula is C49H70N14O11. The Labute approximate surface area is 428 Å². The molecule has 17 N–H and O–H groups in total. The van der Waals surface area contributed by atoms with Gasteiger partial charge in [-0.2, -0.15) is 0 Å². The molecule has 0 spiro atoms. The lowest BCUT2D eigenvalue weighted by Gasteiger charge is -2.31. The highest BCUT2D eigenvalue weighted by Gasteiger charge is 2.41. The van der Waals surface area contributed by atoms with E-state index in [4.69, 9.17) is 22.9 Å². The van der Waals surface area contributed by atoms with E-state index in [0.29, 0.717) is 23.2 Å². The van der Waals surface area contributed by atoms with Gasteiger partial charge in [0.25, 0.3) is 0 Å². The molecule has 8 atom stereocenters. The van der Waals surface area contributed by atoms with Crippen LogP contribution in [-0.2, 0) is 62.4 Å². The van der Waals surface area contributed by atoms with Crippen LogP contribution in [0.5, 0.6) is 5.75 Å². The first kappa shape index (κ1) is 58.5. The number of hydrogen-bond acceptors (Lipinski definition) is 13. The lowest BCUT2D eigenvalue weighted by molar-refractivity contribution is -0.145. The number of benzene rings is 2. The van der Waals surface area contributed by atoms with Gasteiger partial charge in [-0.05, 0) is 60.8 Å². The third kappa shape index (κ3) is 18.2. The Morgan fingerprint density at radius 3 is 1.84 bits per heavy atom. The third-order valence-corrected chi connectivity index (χ3v) is 12.2. The molecule has 1 aromatic heterocycles. The maximum Gasteiger partial charge on any atom is 0.326 e. The van der Waals surface area contributed by atoms with Gasteiger partial charge in [-0.1, -0.05) is 70.2 Å². The summed E-state index contributed by atoms with van der Waals surface area (Å²) in [6.07, 6.45) is 2.86. The van der Waals surface area contributed by atoms with Crippen LogP contribution in [0.15, 0.2) is 72.1 Å². The smallest absolute Gasteiger partial charge is 0.326 e. The van der Waals surface area contributed by atoms with Gasteiger partial charge in [0.1, 0.15) is 48.0 Å². The van der Waals surface area contributed by atoms with Crippen LogP contribution >= 0.6 is 0 Å². The second-order valence-electron chi connectivity index (χ2n) is 18.8. The van der Waals surface area contributed by atoms with Crippen LogP contribution in [0.25, 0.3) is 0 Å². The number of H-pyrrole nitrogens is 1. The number of nitrogens with zero attached hydrogens (tertiary/aromatic N) is 3. The largest absolute Gasteiger partial charge is 0.508 e. The van der Waals surface area contributed by atoms with Gasteiger partial charge >= 0.3 is 5.97 Å². The molecule has 25 heteroatoms. The highest BCUT2D eigenvalue weighted by molar-refractivity contribution is 5.98. The van der Waals surface area contributed by atoms with Crippen LogP contribution < -0.4 is 54.8 Å². The molecule has 25 nitrogen and oxygen atoms in total. The summed E-state index contributed by atoms with van der Waals surface area (Å²) in [7, 11) is 0. The number of rotatable bonds is 28. The topological polar surface area (TPSA) is 415 Å². The van der Waals surface area contributed by atoms with Gasteiger partial charge < -0.3 is 74.9 Å². The number of aromatic nitrogens is 2. The number of likely N-dealkylation sites (tertiary alicyclic amines) is 1. The summed E-state index contributed by atoms with van der Waals surface area (Å²) in [5.74, 6) is -9.04. The molecular weight excluding hydrogens is 961 g/mol. The summed E-state index contributed by atoms with van der Waals surface area (Å²) in [6, 6.07) is 4.17. The van der Waals surface area contributed by atoms with E-state index in [1.165, 1.54) is 41.7 Å². The number of carboxylic acid groups (broad SMARTS) is 1. The monoisotopic (exact) mass is 1030 g/mol. The number of phenolic OH excluding ortho intramolecular Hbond substituents is 1. The molecule has 1 unspecified atom stereocenters. The first-order valence-electron chi connectivity index (χ1n) is 24.3. The summed E-state index contributed by atoms with van der Waals surface area (Å²) < 4.78 is 0. The van der Waals surface area contributed by atoms with Gasteiger partial charge in [0, 0.05) is 44.2 Å². The number of primary amides is 1. The number of carbonyl (C=O) groups is 9. The Hall–Kier alpha value is -8.09. The Morgan fingerprint density at radius 2 is 1.28 bits per heavy atom. The summed E-state index contributed by atoms with van der Waals surface area (Å²) in [5, 5.41) is 35.9. The number of nitrogens with one attached hydrogen (secondary N) is 7. The van der Waals surface area contributed by atoms with Crippen LogP contribution in [0.3, 0.4) is 0 Å². The van der Waals surface area contributed by atoms with Crippen molar-refractivity contribution < 1.29 is 53.4 Å². The Balaban J connectivity index is 1.57. The fraction of sp³-hybridized carbons (Fsp3) is 0.490. The molecule has 8 amide bonds. The SMILES string of the molecule is CC(C)C(NC(=O)[C@H](CCCN=C(N)N)NC(=O)[C@@H](N)CC(N)=O)C(=O)N[C@@H](Cc1ccc(O)cc1)C(=O)N[C@H](C(=O)N[C@@H](Cc1cnc[nH]1)C(=O)N1CCC[C@H]1C(=O)N[C@@H](Cc1ccccc1)C(=O)O)C(C)C. The van der Waals surface area contributed by atoms with Crippen molar-refractivity contribution in [2.45, 2.75) is 127 Å². The number of hydrogen-bond donors (Lipinski definition) is 13. The van der Waals surface area contributed by atoms with Crippen molar-refractivity contribution in [3.63, 3.8) is 0 Å². The van der Waals surface area contributed by atoms with Gasteiger partial charge in [-0.15, -0.1) is 0 Å². The molecule has 2 aromatic carbocycles. The number of nitrogens with two attached hydrogens (primary N) is 4. The van der Waals surface area contributed by atoms with E-state index in [1.54, 1.807) is 58.0 Å². The number of aromatic amines is 1. The minimum atomic E-state index is -1.41. The van der Waals surface area contributed by atoms with Gasteiger partial charge in [0.15, 0.2) is 5.96 Å². The van der Waals surface area contributed by atoms with E-state index in [9.17, 15) is 53.4 Å². The van der Waals surface area contributed by atoms with Crippen molar-refractivity contribution in [2.75, 3.05) is 13.1 Å². The molecule has 1 fully saturated rings. The molecule has 0 bridgehead atoms. The van der Waals surface area contributed by atoms with Crippen molar-refractivity contribution in [3.8, 4) is 5.75 Å². The maximum atomic E-state index is 14.5. The van der Waals surface area contributed by atoms with Crippen LogP contribution in [0.2, 0.25) is 0 Å². The normalized spacial score (nSPS) is 16.0. The van der Waals surface area contributed by atoms with Crippen LogP contribution in [-0.4, -0.2) is 146 Å². The highest BCUT2D eigenvalue weighted by atomic mass is 16.4. The fourth-order valence-corrected chi connectivity index (χ4v) is 8.18. The van der Waals surface area contributed by atoms with E-state index < -0.39 is 120 Å². The van der Waals surface area contributed by atoms with Crippen molar-refractivity contribution in [2.24, 2.45) is 39.8 Å². The first-order chi connectivity index (χ1) is 35.0. The quantitative estimate of drug-likeness (QED) is 0.0207. The number of aliphatic carboxylic acids is 1. The number of guanidine groups is 1. The molecule has 1 aliphatic heterocycles. The zero-order valence-electron chi connectivity index (χ0n) is 41.9. The van der Waals surface area contributed by atoms with Crippen LogP contribution in [0.1, 0.15) is 76.6 Å². The standard InChI is InChI=1S/C49H70N14O11/c1-26(2)39(61-42(67)33(12-8-18-55-49(52)53)57-41(66)32(50)23-38(51)65)45(70)58-34(20-29-14-16-31(64)17-15-29)43(68)62-40(27(3)4)46(71)59-35(22-30-24-54-25-56-30)47(72)63-19-9-13-37(63)44(69)60-36(48(73)74)21-28-10-6-5-7-11-28/h5-7,10-11,14-17,24-27,32-37,39-40,64H,8-9,12-13,18-23,50H2,1-4H3,(H2,51,65)(H,54,56)(H,57,66)(H,58,70)(H,59,71)(H,60,69)(H,61,67)(H,62,68)(H,73,74)(H4,52,53,55)/t32-,33-,34-,35-,36-,37-,39?,40-/m0/s1. The second kappa shape index (κ2) is 28.2. The zero-order chi connectivity index (χ0) is 54.6. The van der Waals surface area contributed by atoms with Crippen LogP contribution in [0, 0.1) is 11.8 Å². The van der Waals surface area contributed by atoms with E-state index in [1.807, 2.05) is 0 Å². The minimum absolute atomic E-state index is 0.000444. The number of phenols is 1. The van der Waals surface area contributed by atoms with Gasteiger partial charge in [0.05, 0.1) is 18.8 Å². The summed E-state index contributed by atoms with van der Waals surface area (Å²) in [5.41, 5.74) is 23.5. The van der Waals surface area contributed by atoms with E-state index in [-0.39, 0.29) is 63.3 Å². The van der Waals surface area contributed by atoms with Crippen molar-refractivity contribution in [1.29, 1.82) is 0 Å². The zero-order valence-corrected chi connectivity index (χ0v) is 41.9. The number of carbonyl (C=O) groups excluding carboxylic acids is 8. The number of imidazole rings is 1. The number of amides is 8. The minimum Gasteiger partial charge on any atom is -0.508 e. The van der Waals surface area contributed by atoms with Gasteiger partial charge in [-0.25, -0.2) is 9.78 Å². The van der Waals surface area contributed by atoms with Crippen molar-refractivity contribution in [3.05, 3.63) is 83.9 Å². The first-order valence-corrected chi connectivity index (χ1v) is 24.3. The van der Waals surface area contributed by atoms with E-state index in [2.05, 4.69) is 46.9 Å². The lowest BCUT2D eigenvalue weighted by atomic mass is 9.98. The summed E-state index contributed by atoms with van der Waals surface area (Å²) in [6.45, 7) is 6.77. The molecule has 0 radical (unpaired) electrons. The summed E-state index contributed by atoms with van der Waals surface area (Å²) >= 11 is 0. The molecule has 1 saturated heterocycles. The lowest BCUT2D eigenvalue weighted by Crippen LogP contribution is -2.62. The van der Waals surface area contributed by atoms with E-state index in [0.717, 1.165) is 0 Å². The molecule has 74 heavy (non-hydrogen) atoms. The Morgan fingerprint density at radius 1 is 0.716 bits per heavy atom. The predicted molar refractivity (Wildman–Crippen MR) is 270 cm³/mol. The van der Waals surface area contributed by atoms with Crippen LogP contribution in [0.4, 0.5) is 0 Å². The van der Waals surface area contributed by atoms with E-state index >= 15 is 0 Å². The number of aliphatic imine (C=N–C) groups is 1. The average Bonchev–Trinajstić information content (AvgIpc) is 4.06. The Kier molecular flexibility index (Phi) is 22.3. The molecule has 0 saturated carbocycles. The van der Waals surface area contributed by atoms with Gasteiger partial charge in [0.2, 0.25) is 47.3 Å². The van der Waals surface area contributed by atoms with Gasteiger partial charge in [-0.3, -0.25) is 43.3 Å². The third-order valence-electron chi connectivity index (χ3n) is 12.2. The molecule has 402 valence electrons. The van der Waals surface area contributed by atoms with Crippen molar-refractivity contribution >= 4 is 59.2 Å². The summed E-state index contributed by atoms with van der Waals surface area (Å²) in [4.78, 5) is 134. The number of carboxylic acids is 1. The second-order valence-corrected chi connectivity index (χ2v) is 18.8. The molecule has 1 aliphatic rings.